The number of thiazole rings is 1. The van der Waals surface area contributed by atoms with Crippen LogP contribution in [0.5, 0.6) is 0 Å². The molecule has 1 aromatic carbocycles. The minimum Gasteiger partial charge on any atom is -0.369 e. The van der Waals surface area contributed by atoms with Crippen LogP contribution in [0.1, 0.15) is 28.8 Å². The summed E-state index contributed by atoms with van der Waals surface area (Å²) >= 11 is 1.66. The van der Waals surface area contributed by atoms with Gasteiger partial charge in [-0.25, -0.2) is 4.98 Å². The van der Waals surface area contributed by atoms with Crippen LogP contribution in [-0.2, 0) is 19.1 Å². The van der Waals surface area contributed by atoms with Crippen LogP contribution in [0.15, 0.2) is 23.6 Å². The molecule has 0 atom stereocenters. The molecule has 0 aliphatic carbocycles. The van der Waals surface area contributed by atoms with E-state index in [1.807, 2.05) is 4.90 Å². The number of rotatable bonds is 4. The maximum absolute atomic E-state index is 13.1. The molecule has 26 heavy (non-hydrogen) atoms. The van der Waals surface area contributed by atoms with E-state index in [1.54, 1.807) is 23.5 Å². The zero-order valence-corrected chi connectivity index (χ0v) is 15.2. The molecule has 2 aromatic rings. The van der Waals surface area contributed by atoms with Gasteiger partial charge in [0.2, 0.25) is 0 Å². The first-order valence-electron chi connectivity index (χ1n) is 8.42. The molecule has 3 rings (SSSR count). The third-order valence-electron chi connectivity index (χ3n) is 4.45. The van der Waals surface area contributed by atoms with Gasteiger partial charge in [0.1, 0.15) is 0 Å². The number of aryl methyl sites for hydroxylation is 1. The number of aromatic nitrogens is 1. The lowest BCUT2D eigenvalue weighted by molar-refractivity contribution is -0.137. The molecule has 0 unspecified atom stereocenters. The van der Waals surface area contributed by atoms with Gasteiger partial charge in [0.15, 0.2) is 0 Å². The van der Waals surface area contributed by atoms with Crippen molar-refractivity contribution in [2.75, 3.05) is 31.1 Å². The Morgan fingerprint density at radius 3 is 2.54 bits per heavy atom. The second-order valence-corrected chi connectivity index (χ2v) is 7.13. The summed E-state index contributed by atoms with van der Waals surface area (Å²) in [6.07, 6.45) is -3.59. The van der Waals surface area contributed by atoms with Crippen LogP contribution in [0.3, 0.4) is 0 Å². The summed E-state index contributed by atoms with van der Waals surface area (Å²) in [5.41, 5.74) is 0.362. The number of benzene rings is 1. The highest BCUT2D eigenvalue weighted by atomic mass is 32.1. The van der Waals surface area contributed by atoms with Gasteiger partial charge in [-0.05, 0) is 24.6 Å². The van der Waals surface area contributed by atoms with Gasteiger partial charge in [-0.15, -0.1) is 11.3 Å². The largest absolute Gasteiger partial charge is 0.417 e. The molecule has 0 spiro atoms. The summed E-state index contributed by atoms with van der Waals surface area (Å²) in [6, 6.07) is 5.56. The molecular weight excluding hydrogens is 361 g/mol. The molecule has 1 fully saturated rings. The predicted octanol–water partition coefficient (Wildman–Crippen LogP) is 3.92. The van der Waals surface area contributed by atoms with Gasteiger partial charge in [-0.3, -0.25) is 4.90 Å². The van der Waals surface area contributed by atoms with E-state index in [2.05, 4.69) is 22.2 Å². The van der Waals surface area contributed by atoms with Crippen molar-refractivity contribution in [1.29, 1.82) is 5.26 Å². The van der Waals surface area contributed by atoms with Crippen LogP contribution in [0, 0.1) is 11.3 Å². The first-order chi connectivity index (χ1) is 12.4. The Morgan fingerprint density at radius 1 is 1.23 bits per heavy atom. The van der Waals surface area contributed by atoms with Crippen molar-refractivity contribution in [3.8, 4) is 6.07 Å². The Morgan fingerprint density at radius 2 is 1.96 bits per heavy atom. The standard InChI is InChI=1S/C18H19F3N4S/c1-2-17-23-14(12-26-17)11-24-5-7-25(8-6-24)15-4-3-13(10-22)16(9-15)18(19,20)21/h3-4,9,12H,2,5-8,11H2,1H3. The van der Waals surface area contributed by atoms with Gasteiger partial charge in [0, 0.05) is 43.8 Å². The fraction of sp³-hybridized carbons (Fsp3) is 0.444. The molecule has 8 heteroatoms. The lowest BCUT2D eigenvalue weighted by atomic mass is 10.1. The summed E-state index contributed by atoms with van der Waals surface area (Å²) in [6.45, 7) is 5.67. The first-order valence-corrected chi connectivity index (χ1v) is 9.30. The minimum atomic E-state index is -4.52. The lowest BCUT2D eigenvalue weighted by Crippen LogP contribution is -2.46. The van der Waals surface area contributed by atoms with Crippen molar-refractivity contribution >= 4 is 17.0 Å². The zero-order chi connectivity index (χ0) is 18.7. The van der Waals surface area contributed by atoms with E-state index < -0.39 is 11.7 Å². The van der Waals surface area contributed by atoms with Crippen LogP contribution in [0.2, 0.25) is 0 Å². The Kier molecular flexibility index (Phi) is 5.49. The summed E-state index contributed by atoms with van der Waals surface area (Å²) in [7, 11) is 0. The van der Waals surface area contributed by atoms with Crippen molar-refractivity contribution in [3.63, 3.8) is 0 Å². The molecule has 1 saturated heterocycles. The molecule has 1 aromatic heterocycles. The number of alkyl halides is 3. The fourth-order valence-electron chi connectivity index (χ4n) is 3.04. The summed E-state index contributed by atoms with van der Waals surface area (Å²) < 4.78 is 39.4. The highest BCUT2D eigenvalue weighted by Gasteiger charge is 2.34. The Hall–Kier alpha value is -2.11. The predicted molar refractivity (Wildman–Crippen MR) is 95.1 cm³/mol. The number of halogens is 3. The van der Waals surface area contributed by atoms with Crippen LogP contribution >= 0.6 is 11.3 Å². The second kappa shape index (κ2) is 7.64. The molecule has 0 amide bonds. The molecule has 1 aliphatic heterocycles. The monoisotopic (exact) mass is 380 g/mol. The van der Waals surface area contributed by atoms with Crippen molar-refractivity contribution in [2.45, 2.75) is 26.1 Å². The number of anilines is 1. The minimum absolute atomic E-state index is 0.338. The first kappa shape index (κ1) is 18.7. The van der Waals surface area contributed by atoms with E-state index in [-0.39, 0.29) is 5.56 Å². The van der Waals surface area contributed by atoms with Crippen LogP contribution in [0.4, 0.5) is 18.9 Å². The molecule has 2 heterocycles. The summed E-state index contributed by atoms with van der Waals surface area (Å²) in [5.74, 6) is 0. The van der Waals surface area contributed by atoms with E-state index in [0.29, 0.717) is 18.8 Å². The average Bonchev–Trinajstić information content (AvgIpc) is 3.09. The topological polar surface area (TPSA) is 43.2 Å². The van der Waals surface area contributed by atoms with Crippen molar-refractivity contribution in [3.05, 3.63) is 45.4 Å². The molecule has 138 valence electrons. The molecular formula is C18H19F3N4S. The van der Waals surface area contributed by atoms with Crippen LogP contribution < -0.4 is 4.90 Å². The van der Waals surface area contributed by atoms with Gasteiger partial charge >= 0.3 is 6.18 Å². The van der Waals surface area contributed by atoms with Gasteiger partial charge in [-0.2, -0.15) is 18.4 Å². The number of hydrogen-bond acceptors (Lipinski definition) is 5. The quantitative estimate of drug-likeness (QED) is 0.806. The SMILES string of the molecule is CCc1nc(CN2CCN(c3ccc(C#N)c(C(F)(F)F)c3)CC2)cs1. The number of nitriles is 1. The van der Waals surface area contributed by atoms with E-state index in [9.17, 15) is 13.2 Å². The second-order valence-electron chi connectivity index (χ2n) is 6.19. The normalized spacial score (nSPS) is 15.9. The molecule has 1 aliphatic rings. The van der Waals surface area contributed by atoms with Gasteiger partial charge in [-0.1, -0.05) is 6.92 Å². The Bertz CT molecular complexity index is 801. The van der Waals surface area contributed by atoms with Crippen LogP contribution in [-0.4, -0.2) is 36.1 Å². The van der Waals surface area contributed by atoms with Crippen molar-refractivity contribution in [1.82, 2.24) is 9.88 Å². The molecule has 4 nitrogen and oxygen atoms in total. The Labute approximate surface area is 154 Å². The highest BCUT2D eigenvalue weighted by molar-refractivity contribution is 7.09. The van der Waals surface area contributed by atoms with Crippen molar-refractivity contribution < 1.29 is 13.2 Å². The number of nitrogens with zero attached hydrogens (tertiary/aromatic N) is 4. The molecule has 0 saturated carbocycles. The van der Waals surface area contributed by atoms with Gasteiger partial charge < -0.3 is 4.90 Å². The zero-order valence-electron chi connectivity index (χ0n) is 14.4. The number of hydrogen-bond donors (Lipinski definition) is 0. The van der Waals surface area contributed by atoms with Gasteiger partial charge in [0.25, 0.3) is 0 Å². The van der Waals surface area contributed by atoms with Crippen LogP contribution in [0.25, 0.3) is 0 Å². The maximum atomic E-state index is 13.1. The molecule has 0 bridgehead atoms. The van der Waals surface area contributed by atoms with Crippen molar-refractivity contribution in [2.24, 2.45) is 0 Å². The highest BCUT2D eigenvalue weighted by Crippen LogP contribution is 2.34. The summed E-state index contributed by atoms with van der Waals surface area (Å²) in [4.78, 5) is 8.76. The molecule has 0 N–H and O–H groups in total. The average molecular weight is 380 g/mol. The third-order valence-corrected chi connectivity index (χ3v) is 5.50. The Balaban J connectivity index is 1.65. The van der Waals surface area contributed by atoms with Gasteiger partial charge in [0.05, 0.1) is 27.9 Å². The molecule has 0 radical (unpaired) electrons. The third kappa shape index (κ3) is 4.17. The number of piperazine rings is 1. The van der Waals surface area contributed by atoms with E-state index in [0.717, 1.165) is 42.8 Å². The maximum Gasteiger partial charge on any atom is 0.417 e. The lowest BCUT2D eigenvalue weighted by Gasteiger charge is -2.36. The van der Waals surface area contributed by atoms with E-state index >= 15 is 0 Å². The van der Waals surface area contributed by atoms with E-state index in [4.69, 9.17) is 5.26 Å². The summed E-state index contributed by atoms with van der Waals surface area (Å²) in [5, 5.41) is 12.1. The van der Waals surface area contributed by atoms with E-state index in [1.165, 1.54) is 6.07 Å². The fourth-order valence-corrected chi connectivity index (χ4v) is 3.77. The smallest absolute Gasteiger partial charge is 0.369 e.